The van der Waals surface area contributed by atoms with E-state index in [1.807, 2.05) is 9.42 Å². The van der Waals surface area contributed by atoms with E-state index >= 15 is 0 Å². The molecule has 7 heteroatoms. The van der Waals surface area contributed by atoms with Crippen molar-refractivity contribution in [1.82, 2.24) is 29.5 Å². The van der Waals surface area contributed by atoms with Crippen molar-refractivity contribution in [2.24, 2.45) is 0 Å². The number of hydrogen-bond acceptors (Lipinski definition) is 5. The molecular weight excluding hydrogens is 364 g/mol. The smallest absolute Gasteiger partial charge is 0.292 e. The second-order valence-corrected chi connectivity index (χ2v) is 8.25. The van der Waals surface area contributed by atoms with E-state index in [0.29, 0.717) is 12.5 Å². The molecule has 0 aromatic carbocycles. The van der Waals surface area contributed by atoms with Crippen LogP contribution >= 0.6 is 0 Å². The van der Waals surface area contributed by atoms with E-state index in [-0.39, 0.29) is 17.8 Å². The maximum atomic E-state index is 13.0. The molecule has 3 aromatic rings. The molecule has 7 nitrogen and oxygen atoms in total. The van der Waals surface area contributed by atoms with Crippen LogP contribution in [-0.2, 0) is 0 Å². The van der Waals surface area contributed by atoms with E-state index < -0.39 is 0 Å². The number of carbonyl (C=O) groups is 1. The van der Waals surface area contributed by atoms with Gasteiger partial charge >= 0.3 is 0 Å². The van der Waals surface area contributed by atoms with Crippen LogP contribution in [0.2, 0.25) is 0 Å². The average molecular weight is 390 g/mol. The Kier molecular flexibility index (Phi) is 4.73. The Morgan fingerprint density at radius 1 is 1.07 bits per heavy atom. The summed E-state index contributed by atoms with van der Waals surface area (Å²) in [4.78, 5) is 28.2. The molecule has 0 spiro atoms. The molecule has 0 N–H and O–H groups in total. The summed E-state index contributed by atoms with van der Waals surface area (Å²) >= 11 is 0. The Balaban J connectivity index is 1.48. The number of amides is 1. The highest BCUT2D eigenvalue weighted by Crippen LogP contribution is 2.36. The first-order valence-electron chi connectivity index (χ1n) is 10.7. The minimum Gasteiger partial charge on any atom is -0.327 e. The highest BCUT2D eigenvalue weighted by Gasteiger charge is 2.32. The number of piperidine rings is 1. The van der Waals surface area contributed by atoms with Gasteiger partial charge in [-0.25, -0.2) is 19.5 Å². The van der Waals surface area contributed by atoms with Gasteiger partial charge in [-0.05, 0) is 50.7 Å². The Morgan fingerprint density at radius 3 is 2.62 bits per heavy atom. The van der Waals surface area contributed by atoms with Crippen molar-refractivity contribution in [3.8, 4) is 0 Å². The van der Waals surface area contributed by atoms with Crippen LogP contribution in [0.4, 0.5) is 0 Å². The van der Waals surface area contributed by atoms with Crippen LogP contribution in [0.5, 0.6) is 0 Å². The zero-order chi connectivity index (χ0) is 19.8. The third-order valence-corrected chi connectivity index (χ3v) is 6.29. The Morgan fingerprint density at radius 2 is 1.83 bits per heavy atom. The lowest BCUT2D eigenvalue weighted by Gasteiger charge is -2.34. The minimum absolute atomic E-state index is 0.0583. The molecule has 1 aliphatic carbocycles. The van der Waals surface area contributed by atoms with Gasteiger partial charge in [0.1, 0.15) is 0 Å². The van der Waals surface area contributed by atoms with Crippen LogP contribution < -0.4 is 0 Å². The van der Waals surface area contributed by atoms with Gasteiger partial charge < -0.3 is 4.90 Å². The summed E-state index contributed by atoms with van der Waals surface area (Å²) < 4.78 is 1.87. The maximum absolute atomic E-state index is 13.0. The van der Waals surface area contributed by atoms with E-state index in [2.05, 4.69) is 29.2 Å². The lowest BCUT2D eigenvalue weighted by atomic mass is 9.99. The number of likely N-dealkylation sites (tertiary alicyclic amines) is 1. The topological polar surface area (TPSA) is 76.3 Å². The Bertz CT molecular complexity index is 1020. The van der Waals surface area contributed by atoms with Crippen LogP contribution in [0.15, 0.2) is 30.7 Å². The number of carbonyl (C=O) groups excluding carboxylic acids is 1. The van der Waals surface area contributed by atoms with Crippen molar-refractivity contribution in [2.45, 2.75) is 63.8 Å². The lowest BCUT2D eigenvalue weighted by Crippen LogP contribution is -2.39. The molecule has 1 aliphatic heterocycles. The van der Waals surface area contributed by atoms with Crippen molar-refractivity contribution >= 4 is 11.6 Å². The van der Waals surface area contributed by atoms with E-state index in [9.17, 15) is 4.79 Å². The van der Waals surface area contributed by atoms with Gasteiger partial charge in [0.05, 0.1) is 17.4 Å². The quantitative estimate of drug-likeness (QED) is 0.679. The molecule has 3 aromatic heterocycles. The largest absolute Gasteiger partial charge is 0.327 e. The number of nitrogens with zero attached hydrogens (tertiary/aromatic N) is 6. The lowest BCUT2D eigenvalue weighted by molar-refractivity contribution is 0.0593. The van der Waals surface area contributed by atoms with Crippen molar-refractivity contribution in [1.29, 1.82) is 0 Å². The summed E-state index contributed by atoms with van der Waals surface area (Å²) in [6, 6.07) is 3.72. The molecule has 1 unspecified atom stereocenters. The molecular formula is C22H26N6O. The van der Waals surface area contributed by atoms with Gasteiger partial charge in [-0.3, -0.25) is 4.79 Å². The predicted molar refractivity (Wildman–Crippen MR) is 109 cm³/mol. The number of hydrogen-bond donors (Lipinski definition) is 0. The molecule has 29 heavy (non-hydrogen) atoms. The average Bonchev–Trinajstić information content (AvgIpc) is 3.43. The summed E-state index contributed by atoms with van der Waals surface area (Å²) in [5, 5.41) is 4.81. The third-order valence-electron chi connectivity index (χ3n) is 6.29. The van der Waals surface area contributed by atoms with Gasteiger partial charge in [0.25, 0.3) is 5.91 Å². The van der Waals surface area contributed by atoms with Crippen molar-refractivity contribution < 1.29 is 4.79 Å². The second-order valence-electron chi connectivity index (χ2n) is 8.25. The fourth-order valence-corrected chi connectivity index (χ4v) is 4.84. The highest BCUT2D eigenvalue weighted by atomic mass is 16.2. The fourth-order valence-electron chi connectivity index (χ4n) is 4.84. The summed E-state index contributed by atoms with van der Waals surface area (Å²) in [6.45, 7) is 2.83. The molecule has 0 radical (unpaired) electrons. The standard InChI is InChI=1S/C22H26N6O/c1-15-14-28-19(25-20(15)16-7-2-3-8-16)13-17(26-28)18-9-4-5-12-27(18)22(29)21-23-10-6-11-24-21/h6,10-11,13-14,16,18H,2-5,7-9,12H2,1H3. The van der Waals surface area contributed by atoms with E-state index in [1.165, 1.54) is 36.9 Å². The van der Waals surface area contributed by atoms with Crippen LogP contribution in [0.25, 0.3) is 5.65 Å². The molecule has 150 valence electrons. The number of aromatic nitrogens is 5. The number of rotatable bonds is 3. The molecule has 1 saturated carbocycles. The molecule has 5 rings (SSSR count). The monoisotopic (exact) mass is 390 g/mol. The van der Waals surface area contributed by atoms with E-state index in [4.69, 9.17) is 10.1 Å². The van der Waals surface area contributed by atoms with Gasteiger partial charge in [-0.1, -0.05) is 12.8 Å². The minimum atomic E-state index is -0.122. The molecule has 0 bridgehead atoms. The summed E-state index contributed by atoms with van der Waals surface area (Å²) in [5.74, 6) is 0.699. The van der Waals surface area contributed by atoms with Crippen LogP contribution in [0.1, 0.15) is 84.5 Å². The van der Waals surface area contributed by atoms with Gasteiger partial charge in [0, 0.05) is 37.1 Å². The van der Waals surface area contributed by atoms with Gasteiger partial charge in [-0.2, -0.15) is 5.10 Å². The van der Waals surface area contributed by atoms with Crippen molar-refractivity contribution in [2.75, 3.05) is 6.54 Å². The third kappa shape index (κ3) is 3.39. The molecule has 1 saturated heterocycles. The number of fused-ring (bicyclic) bond motifs is 1. The Hall–Kier alpha value is -2.83. The summed E-state index contributed by atoms with van der Waals surface area (Å²) in [7, 11) is 0. The van der Waals surface area contributed by atoms with Gasteiger partial charge in [0.2, 0.25) is 5.82 Å². The maximum Gasteiger partial charge on any atom is 0.292 e. The SMILES string of the molecule is Cc1cn2nc(C3CCCCN3C(=O)c3ncccn3)cc2nc1C1CCCC1. The van der Waals surface area contributed by atoms with Crippen molar-refractivity contribution in [3.05, 3.63) is 53.5 Å². The molecule has 4 heterocycles. The first kappa shape index (κ1) is 18.2. The van der Waals surface area contributed by atoms with Gasteiger partial charge in [0.15, 0.2) is 5.65 Å². The zero-order valence-corrected chi connectivity index (χ0v) is 16.8. The highest BCUT2D eigenvalue weighted by molar-refractivity contribution is 5.90. The molecule has 2 aliphatic rings. The van der Waals surface area contributed by atoms with Crippen molar-refractivity contribution in [3.63, 3.8) is 0 Å². The summed E-state index contributed by atoms with van der Waals surface area (Å²) in [5.41, 5.74) is 4.20. The fraction of sp³-hybridized carbons (Fsp3) is 0.500. The second kappa shape index (κ2) is 7.54. The van der Waals surface area contributed by atoms with E-state index in [0.717, 1.165) is 30.6 Å². The first-order chi connectivity index (χ1) is 14.2. The first-order valence-corrected chi connectivity index (χ1v) is 10.7. The van der Waals surface area contributed by atoms with Crippen LogP contribution in [-0.4, -0.2) is 41.9 Å². The molecule has 1 atom stereocenters. The number of aryl methyl sites for hydroxylation is 1. The van der Waals surface area contributed by atoms with Crippen LogP contribution in [0, 0.1) is 6.92 Å². The molecule has 2 fully saturated rings. The normalized spacial score (nSPS) is 20.4. The summed E-state index contributed by atoms with van der Waals surface area (Å²) in [6.07, 6.45) is 13.3. The molecule has 1 amide bonds. The predicted octanol–water partition coefficient (Wildman–Crippen LogP) is 3.85. The Labute approximate surface area is 170 Å². The van der Waals surface area contributed by atoms with Gasteiger partial charge in [-0.15, -0.1) is 0 Å². The van der Waals surface area contributed by atoms with E-state index in [1.54, 1.807) is 18.5 Å². The van der Waals surface area contributed by atoms with Crippen LogP contribution in [0.3, 0.4) is 0 Å². The zero-order valence-electron chi connectivity index (χ0n) is 16.8.